The fraction of sp³-hybridized carbons (Fsp3) is 0.200. The smallest absolute Gasteiger partial charge is 0.336 e. The normalized spacial score (nSPS) is 11.8. The molecular formula is C10H6F3N2O2. The van der Waals surface area contributed by atoms with Crippen LogP contribution in [0, 0.1) is 0 Å². The van der Waals surface area contributed by atoms with Crippen molar-refractivity contribution in [3.63, 3.8) is 0 Å². The molecule has 0 N–H and O–H groups in total. The molecule has 2 aromatic rings. The van der Waals surface area contributed by atoms with Gasteiger partial charge in [0.25, 0.3) is 5.89 Å². The first kappa shape index (κ1) is 11.6. The van der Waals surface area contributed by atoms with Crippen molar-refractivity contribution in [3.05, 3.63) is 35.7 Å². The zero-order valence-electron chi connectivity index (χ0n) is 8.36. The van der Waals surface area contributed by atoms with Gasteiger partial charge in [0.2, 0.25) is 5.82 Å². The van der Waals surface area contributed by atoms with E-state index in [2.05, 4.69) is 14.7 Å². The lowest BCUT2D eigenvalue weighted by atomic mass is 10.1. The van der Waals surface area contributed by atoms with E-state index in [-0.39, 0.29) is 11.7 Å². The molecule has 0 fully saturated rings. The molecule has 0 amide bonds. The first-order chi connectivity index (χ1) is 8.00. The van der Waals surface area contributed by atoms with Crippen LogP contribution in [-0.4, -0.2) is 10.1 Å². The molecule has 1 aromatic carbocycles. The van der Waals surface area contributed by atoms with Crippen molar-refractivity contribution in [2.75, 3.05) is 0 Å². The minimum atomic E-state index is -4.38. The van der Waals surface area contributed by atoms with Crippen molar-refractivity contribution in [1.29, 1.82) is 0 Å². The molecule has 0 aliphatic heterocycles. The van der Waals surface area contributed by atoms with Crippen LogP contribution in [0.4, 0.5) is 13.2 Å². The maximum Gasteiger partial charge on any atom is 0.416 e. The van der Waals surface area contributed by atoms with Crippen molar-refractivity contribution in [1.82, 2.24) is 10.1 Å². The topological polar surface area (TPSA) is 58.8 Å². The summed E-state index contributed by atoms with van der Waals surface area (Å²) in [6.07, 6.45) is -4.38. The first-order valence-electron chi connectivity index (χ1n) is 4.59. The summed E-state index contributed by atoms with van der Waals surface area (Å²) in [6, 6.07) is 4.29. The van der Waals surface area contributed by atoms with Crippen LogP contribution < -0.4 is 0 Å². The molecule has 0 spiro atoms. The summed E-state index contributed by atoms with van der Waals surface area (Å²) < 4.78 is 41.4. The minimum Gasteiger partial charge on any atom is -0.336 e. The molecule has 0 saturated carbocycles. The molecule has 1 heterocycles. The average Bonchev–Trinajstić information content (AvgIpc) is 2.76. The Hall–Kier alpha value is -1.89. The second-order valence-corrected chi connectivity index (χ2v) is 3.23. The Balaban J connectivity index is 2.29. The fourth-order valence-corrected chi connectivity index (χ4v) is 1.24. The summed E-state index contributed by atoms with van der Waals surface area (Å²) in [5, 5.41) is 13.9. The van der Waals surface area contributed by atoms with E-state index in [1.54, 1.807) is 0 Å². The molecule has 0 unspecified atom stereocenters. The van der Waals surface area contributed by atoms with Crippen molar-refractivity contribution < 1.29 is 22.8 Å². The van der Waals surface area contributed by atoms with E-state index in [0.717, 1.165) is 12.1 Å². The van der Waals surface area contributed by atoms with Crippen LogP contribution in [0.15, 0.2) is 28.8 Å². The predicted molar refractivity (Wildman–Crippen MR) is 49.1 cm³/mol. The van der Waals surface area contributed by atoms with Gasteiger partial charge in [-0.05, 0) is 12.1 Å². The number of rotatable bonds is 2. The lowest BCUT2D eigenvalue weighted by Crippen LogP contribution is -2.04. The van der Waals surface area contributed by atoms with E-state index in [4.69, 9.17) is 0 Å². The summed E-state index contributed by atoms with van der Waals surface area (Å²) in [5.41, 5.74) is -0.393. The second-order valence-electron chi connectivity index (χ2n) is 3.23. The van der Waals surface area contributed by atoms with Crippen LogP contribution in [0.25, 0.3) is 11.4 Å². The summed E-state index contributed by atoms with van der Waals surface area (Å²) in [5.74, 6) is 0.00414. The van der Waals surface area contributed by atoms with E-state index >= 15 is 0 Å². The van der Waals surface area contributed by atoms with Crippen molar-refractivity contribution >= 4 is 0 Å². The van der Waals surface area contributed by atoms with Crippen LogP contribution >= 0.6 is 0 Å². The van der Waals surface area contributed by atoms with E-state index in [1.165, 1.54) is 12.1 Å². The zero-order valence-corrected chi connectivity index (χ0v) is 8.36. The SMILES string of the molecule is [O]Cc1nc(-c2ccc(C(F)(F)F)cc2)no1. The Kier molecular flexibility index (Phi) is 2.84. The number of alkyl halides is 3. The third kappa shape index (κ3) is 2.44. The molecular weight excluding hydrogens is 237 g/mol. The van der Waals surface area contributed by atoms with Gasteiger partial charge in [-0.25, -0.2) is 5.11 Å². The summed E-state index contributed by atoms with van der Waals surface area (Å²) in [6.45, 7) is -0.659. The minimum absolute atomic E-state index is 0.0973. The van der Waals surface area contributed by atoms with Gasteiger partial charge in [-0.15, -0.1) is 0 Å². The van der Waals surface area contributed by atoms with Gasteiger partial charge in [0.05, 0.1) is 5.56 Å². The van der Waals surface area contributed by atoms with Crippen LogP contribution in [0.5, 0.6) is 0 Å². The van der Waals surface area contributed by atoms with Crippen molar-refractivity contribution in [3.8, 4) is 11.4 Å². The number of halogens is 3. The highest BCUT2D eigenvalue weighted by Gasteiger charge is 2.30. The molecule has 17 heavy (non-hydrogen) atoms. The van der Waals surface area contributed by atoms with Gasteiger partial charge in [0.1, 0.15) is 0 Å². The molecule has 0 aliphatic rings. The first-order valence-corrected chi connectivity index (χ1v) is 4.59. The molecule has 0 saturated heterocycles. The standard InChI is InChI=1S/C10H6F3N2O2/c11-10(12,13)7-3-1-6(2-4-7)9-14-8(5-16)17-15-9/h1-4H,5H2. The number of hydrogen-bond donors (Lipinski definition) is 0. The third-order valence-corrected chi connectivity index (χ3v) is 2.06. The number of nitrogens with zero attached hydrogens (tertiary/aromatic N) is 2. The van der Waals surface area contributed by atoms with Crippen LogP contribution in [-0.2, 0) is 17.9 Å². The third-order valence-electron chi connectivity index (χ3n) is 2.06. The molecule has 4 nitrogen and oxygen atoms in total. The number of hydrogen-bond acceptors (Lipinski definition) is 3. The number of benzene rings is 1. The highest BCUT2D eigenvalue weighted by Crippen LogP contribution is 2.30. The van der Waals surface area contributed by atoms with Crippen LogP contribution in [0.1, 0.15) is 11.5 Å². The zero-order chi connectivity index (χ0) is 12.5. The summed E-state index contributed by atoms with van der Waals surface area (Å²) >= 11 is 0. The van der Waals surface area contributed by atoms with E-state index in [9.17, 15) is 18.3 Å². The quantitative estimate of drug-likeness (QED) is 0.814. The predicted octanol–water partition coefficient (Wildman–Crippen LogP) is 2.69. The van der Waals surface area contributed by atoms with E-state index in [1.807, 2.05) is 0 Å². The second kappa shape index (κ2) is 4.17. The maximum absolute atomic E-state index is 12.3. The molecule has 1 radical (unpaired) electrons. The largest absolute Gasteiger partial charge is 0.416 e. The van der Waals surface area contributed by atoms with Gasteiger partial charge < -0.3 is 4.52 Å². The summed E-state index contributed by atoms with van der Waals surface area (Å²) in [7, 11) is 0. The molecule has 89 valence electrons. The van der Waals surface area contributed by atoms with Crippen molar-refractivity contribution in [2.45, 2.75) is 12.8 Å². The lowest BCUT2D eigenvalue weighted by molar-refractivity contribution is -0.137. The summed E-state index contributed by atoms with van der Waals surface area (Å²) in [4.78, 5) is 3.72. The van der Waals surface area contributed by atoms with E-state index < -0.39 is 18.3 Å². The number of aromatic nitrogens is 2. The highest BCUT2D eigenvalue weighted by atomic mass is 19.4. The molecule has 1 aromatic heterocycles. The molecule has 0 aliphatic carbocycles. The highest BCUT2D eigenvalue weighted by molar-refractivity contribution is 5.54. The lowest BCUT2D eigenvalue weighted by Gasteiger charge is -2.05. The average molecular weight is 243 g/mol. The van der Waals surface area contributed by atoms with E-state index in [0.29, 0.717) is 5.56 Å². The Morgan fingerprint density at radius 3 is 2.29 bits per heavy atom. The maximum atomic E-state index is 12.3. The van der Waals surface area contributed by atoms with Gasteiger partial charge in [-0.2, -0.15) is 18.2 Å². The Morgan fingerprint density at radius 2 is 1.82 bits per heavy atom. The van der Waals surface area contributed by atoms with Gasteiger partial charge in [-0.3, -0.25) is 0 Å². The molecule has 0 atom stereocenters. The Bertz CT molecular complexity index is 505. The van der Waals surface area contributed by atoms with Gasteiger partial charge >= 0.3 is 6.18 Å². The van der Waals surface area contributed by atoms with Crippen LogP contribution in [0.2, 0.25) is 0 Å². The van der Waals surface area contributed by atoms with Crippen LogP contribution in [0.3, 0.4) is 0 Å². The molecule has 7 heteroatoms. The van der Waals surface area contributed by atoms with Gasteiger partial charge in [0, 0.05) is 5.56 Å². The van der Waals surface area contributed by atoms with Gasteiger partial charge in [0.15, 0.2) is 6.61 Å². The molecule has 0 bridgehead atoms. The Morgan fingerprint density at radius 1 is 1.18 bits per heavy atom. The van der Waals surface area contributed by atoms with Crippen molar-refractivity contribution in [2.24, 2.45) is 0 Å². The monoisotopic (exact) mass is 243 g/mol. The molecule has 2 rings (SSSR count). The van der Waals surface area contributed by atoms with Gasteiger partial charge in [-0.1, -0.05) is 17.3 Å². The fourth-order valence-electron chi connectivity index (χ4n) is 1.24. The Labute approximate surface area is 93.7 Å².